The number of benzene rings is 1. The number of allylic oxidation sites excluding steroid dienone is 7. The van der Waals surface area contributed by atoms with Gasteiger partial charge in [0.25, 0.3) is 0 Å². The second kappa shape index (κ2) is 6.40. The summed E-state index contributed by atoms with van der Waals surface area (Å²) < 4.78 is 6.15. The van der Waals surface area contributed by atoms with Crippen molar-refractivity contribution in [1.29, 1.82) is 0 Å². The maximum absolute atomic E-state index is 9.70. The van der Waals surface area contributed by atoms with E-state index in [1.165, 1.54) is 21.0 Å². The molecule has 4 rings (SSSR count). The van der Waals surface area contributed by atoms with Gasteiger partial charge in [-0.15, -0.1) is 0 Å². The third-order valence-electron chi connectivity index (χ3n) is 4.47. The summed E-state index contributed by atoms with van der Waals surface area (Å²) in [5.41, 5.74) is 3.55. The van der Waals surface area contributed by atoms with Crippen LogP contribution < -0.4 is 4.74 Å². The van der Waals surface area contributed by atoms with Gasteiger partial charge in [-0.1, -0.05) is 30.0 Å². The van der Waals surface area contributed by atoms with Crippen LogP contribution in [0, 0.1) is 0 Å². The molecule has 0 atom stereocenters. The van der Waals surface area contributed by atoms with E-state index < -0.39 is 0 Å². The van der Waals surface area contributed by atoms with E-state index in [4.69, 9.17) is 4.74 Å². The Labute approximate surface area is 146 Å². The SMILES string of the molecule is CC1=CCC=C(C=CC2=C3Oc4cc(O)ccc4C=C3CCC2)S1. The zero-order chi connectivity index (χ0) is 16.5. The molecule has 0 aromatic heterocycles. The van der Waals surface area contributed by atoms with E-state index in [-0.39, 0.29) is 5.75 Å². The van der Waals surface area contributed by atoms with Crippen molar-refractivity contribution >= 4 is 17.8 Å². The summed E-state index contributed by atoms with van der Waals surface area (Å²) in [7, 11) is 0. The Morgan fingerprint density at radius 3 is 2.96 bits per heavy atom. The molecule has 0 radical (unpaired) electrons. The highest BCUT2D eigenvalue weighted by atomic mass is 32.2. The predicted octanol–water partition coefficient (Wildman–Crippen LogP) is 6.09. The van der Waals surface area contributed by atoms with Crippen LogP contribution in [-0.2, 0) is 0 Å². The summed E-state index contributed by atoms with van der Waals surface area (Å²) >= 11 is 1.82. The minimum absolute atomic E-state index is 0.241. The third-order valence-corrected chi connectivity index (χ3v) is 5.49. The summed E-state index contributed by atoms with van der Waals surface area (Å²) in [6.07, 6.45) is 15.3. The molecule has 2 aliphatic heterocycles. The van der Waals surface area contributed by atoms with Crippen LogP contribution >= 0.6 is 11.8 Å². The van der Waals surface area contributed by atoms with Crippen molar-refractivity contribution in [3.63, 3.8) is 0 Å². The van der Waals surface area contributed by atoms with E-state index in [2.05, 4.69) is 37.3 Å². The first-order chi connectivity index (χ1) is 11.7. The molecule has 3 heteroatoms. The number of fused-ring (bicyclic) bond motifs is 2. The van der Waals surface area contributed by atoms with Gasteiger partial charge < -0.3 is 9.84 Å². The maximum atomic E-state index is 9.70. The molecule has 2 heterocycles. The molecular formula is C21H20O2S. The first kappa shape index (κ1) is 15.4. The van der Waals surface area contributed by atoms with E-state index in [1.54, 1.807) is 12.1 Å². The van der Waals surface area contributed by atoms with Crippen molar-refractivity contribution < 1.29 is 9.84 Å². The van der Waals surface area contributed by atoms with Crippen LogP contribution in [0.5, 0.6) is 11.5 Å². The van der Waals surface area contributed by atoms with Crippen LogP contribution in [0.1, 0.15) is 38.2 Å². The second-order valence-corrected chi connectivity index (χ2v) is 7.61. The van der Waals surface area contributed by atoms with E-state index in [0.717, 1.165) is 42.8 Å². The lowest BCUT2D eigenvalue weighted by Crippen LogP contribution is -2.12. The lowest BCUT2D eigenvalue weighted by atomic mass is 9.90. The fraction of sp³-hybridized carbons (Fsp3) is 0.238. The highest BCUT2D eigenvalue weighted by molar-refractivity contribution is 8.06. The number of hydrogen-bond donors (Lipinski definition) is 1. The molecule has 1 aliphatic carbocycles. The van der Waals surface area contributed by atoms with Crippen molar-refractivity contribution in [2.45, 2.75) is 32.6 Å². The van der Waals surface area contributed by atoms with Crippen LogP contribution in [0.15, 0.2) is 69.2 Å². The Kier molecular flexibility index (Phi) is 4.11. The van der Waals surface area contributed by atoms with E-state index >= 15 is 0 Å². The molecule has 1 N–H and O–H groups in total. The summed E-state index contributed by atoms with van der Waals surface area (Å²) in [5, 5.41) is 9.70. The third kappa shape index (κ3) is 3.09. The molecule has 122 valence electrons. The molecule has 0 spiro atoms. The van der Waals surface area contributed by atoms with Gasteiger partial charge in [0.05, 0.1) is 0 Å². The van der Waals surface area contributed by atoms with Crippen LogP contribution in [0.3, 0.4) is 0 Å². The number of hydrogen-bond acceptors (Lipinski definition) is 3. The van der Waals surface area contributed by atoms with Crippen molar-refractivity contribution in [1.82, 2.24) is 0 Å². The van der Waals surface area contributed by atoms with Gasteiger partial charge in [-0.3, -0.25) is 0 Å². The lowest BCUT2D eigenvalue weighted by Gasteiger charge is -2.26. The number of rotatable bonds is 2. The summed E-state index contributed by atoms with van der Waals surface area (Å²) in [5.74, 6) is 1.96. The van der Waals surface area contributed by atoms with E-state index in [9.17, 15) is 5.11 Å². The van der Waals surface area contributed by atoms with Gasteiger partial charge in [0, 0.05) is 16.5 Å². The van der Waals surface area contributed by atoms with E-state index in [0.29, 0.717) is 0 Å². The van der Waals surface area contributed by atoms with Crippen molar-refractivity contribution in [2.75, 3.05) is 0 Å². The Morgan fingerprint density at radius 2 is 2.08 bits per heavy atom. The molecule has 0 saturated carbocycles. The van der Waals surface area contributed by atoms with Gasteiger partial charge in [-0.2, -0.15) is 0 Å². The first-order valence-corrected chi connectivity index (χ1v) is 9.18. The summed E-state index contributed by atoms with van der Waals surface area (Å²) in [4.78, 5) is 2.66. The molecule has 1 aromatic rings. The maximum Gasteiger partial charge on any atom is 0.138 e. The van der Waals surface area contributed by atoms with Crippen molar-refractivity contribution in [3.05, 3.63) is 74.8 Å². The summed E-state index contributed by atoms with van der Waals surface area (Å²) in [6, 6.07) is 5.32. The van der Waals surface area contributed by atoms with Crippen LogP contribution in [0.25, 0.3) is 6.08 Å². The molecule has 3 aliphatic rings. The van der Waals surface area contributed by atoms with Gasteiger partial charge in [0.2, 0.25) is 0 Å². The second-order valence-electron chi connectivity index (χ2n) is 6.29. The first-order valence-electron chi connectivity index (χ1n) is 8.37. The van der Waals surface area contributed by atoms with Gasteiger partial charge in [0.15, 0.2) is 0 Å². The number of aromatic hydroxyl groups is 1. The minimum Gasteiger partial charge on any atom is -0.508 e. The normalized spacial score (nSPS) is 20.0. The Bertz CT molecular complexity index is 837. The Morgan fingerprint density at radius 1 is 1.17 bits per heavy atom. The standard InChI is InChI=1S/C21H20O2S/c1-14-4-2-7-19(24-14)11-9-15-5-3-6-17-12-16-8-10-18(22)13-20(16)23-21(15)17/h4,7-13,22H,2-3,5-6H2,1H3. The molecule has 2 nitrogen and oxygen atoms in total. The van der Waals surface area contributed by atoms with Gasteiger partial charge in [-0.25, -0.2) is 0 Å². The molecular weight excluding hydrogens is 316 g/mol. The summed E-state index contributed by atoms with van der Waals surface area (Å²) in [6.45, 7) is 2.16. The van der Waals surface area contributed by atoms with Crippen LogP contribution in [0.2, 0.25) is 0 Å². The zero-order valence-electron chi connectivity index (χ0n) is 13.7. The molecule has 0 unspecified atom stereocenters. The molecule has 0 saturated heterocycles. The largest absolute Gasteiger partial charge is 0.508 e. The average Bonchev–Trinajstić information content (AvgIpc) is 2.58. The lowest BCUT2D eigenvalue weighted by molar-refractivity contribution is 0.404. The number of thioether (sulfide) groups is 1. The minimum atomic E-state index is 0.241. The van der Waals surface area contributed by atoms with E-state index in [1.807, 2.05) is 17.8 Å². The molecule has 0 fully saturated rings. The highest BCUT2D eigenvalue weighted by Gasteiger charge is 2.23. The smallest absolute Gasteiger partial charge is 0.138 e. The highest BCUT2D eigenvalue weighted by Crippen LogP contribution is 2.41. The quantitative estimate of drug-likeness (QED) is 0.709. The Hall–Kier alpha value is -2.13. The van der Waals surface area contributed by atoms with Crippen LogP contribution in [0.4, 0.5) is 0 Å². The van der Waals surface area contributed by atoms with Crippen LogP contribution in [-0.4, -0.2) is 5.11 Å². The topological polar surface area (TPSA) is 29.5 Å². The van der Waals surface area contributed by atoms with Crippen molar-refractivity contribution in [3.8, 4) is 11.5 Å². The predicted molar refractivity (Wildman–Crippen MR) is 101 cm³/mol. The molecule has 0 bridgehead atoms. The zero-order valence-corrected chi connectivity index (χ0v) is 14.5. The van der Waals surface area contributed by atoms with Gasteiger partial charge in [0.1, 0.15) is 17.3 Å². The number of phenolic OH excluding ortho intramolecular Hbond substituents is 1. The average molecular weight is 336 g/mol. The fourth-order valence-electron chi connectivity index (χ4n) is 3.25. The van der Waals surface area contributed by atoms with Gasteiger partial charge >= 0.3 is 0 Å². The molecule has 1 aromatic carbocycles. The van der Waals surface area contributed by atoms with Gasteiger partial charge in [-0.05, 0) is 72.9 Å². The molecule has 24 heavy (non-hydrogen) atoms. The Balaban J connectivity index is 1.65. The molecule has 0 amide bonds. The number of phenols is 1. The fourth-order valence-corrected chi connectivity index (χ4v) is 4.12. The number of ether oxygens (including phenoxy) is 1. The van der Waals surface area contributed by atoms with Crippen molar-refractivity contribution in [2.24, 2.45) is 0 Å². The monoisotopic (exact) mass is 336 g/mol.